The smallest absolute Gasteiger partial charge is 0.305 e. The molecule has 23 heteroatoms. The summed E-state index contributed by atoms with van der Waals surface area (Å²) >= 11 is 0. The summed E-state index contributed by atoms with van der Waals surface area (Å²) in [6, 6.07) is 30.1. The number of hydrogen-bond acceptors (Lipinski definition) is 13. The van der Waals surface area contributed by atoms with Crippen LogP contribution in [0, 0.1) is 34.4 Å². The van der Waals surface area contributed by atoms with Crippen molar-refractivity contribution in [3.8, 4) is 29.7 Å². The van der Waals surface area contributed by atoms with E-state index >= 15 is 0 Å². The van der Waals surface area contributed by atoms with E-state index < -0.39 is 30.6 Å². The SMILES string of the molecule is CN1c2ccccc2CN([C@@H]2CCN(C#N)C2)S1(=O)=O.Cn1cc(-c2ccc3c(c2)NS(=O)(=O)N([C@@H]2CCN(C#N)C2)C3)cn1.N#CN1CC[C@@H](N2Cc3ccccc3N(Cc3ccccc3)S2(=O)=O)C1. The Balaban J connectivity index is 0.000000133. The molecule has 7 heterocycles. The Hall–Kier alpha value is -6.91. The molecule has 0 unspecified atom stereocenters. The van der Waals surface area contributed by atoms with E-state index in [9.17, 15) is 25.3 Å². The van der Waals surface area contributed by atoms with Crippen molar-refractivity contribution in [1.29, 1.82) is 15.8 Å². The van der Waals surface area contributed by atoms with Gasteiger partial charge >= 0.3 is 30.6 Å². The van der Waals surface area contributed by atoms with Gasteiger partial charge in [-0.15, -0.1) is 0 Å². The number of likely N-dealkylation sites (tertiary alicyclic amines) is 3. The zero-order chi connectivity index (χ0) is 50.1. The molecule has 3 saturated heterocycles. The number of anilines is 3. The summed E-state index contributed by atoms with van der Waals surface area (Å²) in [6.45, 7) is 4.56. The highest BCUT2D eigenvalue weighted by molar-refractivity contribution is 7.91. The Labute approximate surface area is 415 Å². The van der Waals surface area contributed by atoms with Gasteiger partial charge in [-0.05, 0) is 65.3 Å². The molecule has 0 bridgehead atoms. The normalized spacial score (nSPS) is 23.0. The van der Waals surface area contributed by atoms with Crippen LogP contribution in [0.1, 0.15) is 41.5 Å². The van der Waals surface area contributed by atoms with Gasteiger partial charge in [0.25, 0.3) is 0 Å². The second-order valence-electron chi connectivity index (χ2n) is 18.2. The molecule has 4 aromatic carbocycles. The van der Waals surface area contributed by atoms with Gasteiger partial charge in [0, 0.05) is 103 Å². The minimum Gasteiger partial charge on any atom is -0.309 e. The van der Waals surface area contributed by atoms with Gasteiger partial charge in [0.2, 0.25) is 0 Å². The fraction of sp³-hybridized carbons (Fsp3) is 0.375. The van der Waals surface area contributed by atoms with Gasteiger partial charge in [-0.3, -0.25) is 18.0 Å². The molecule has 1 aromatic heterocycles. The van der Waals surface area contributed by atoms with E-state index in [-0.39, 0.29) is 18.1 Å². The van der Waals surface area contributed by atoms with Crippen LogP contribution in [0.25, 0.3) is 11.1 Å². The number of nitrogens with one attached hydrogen (secondary N) is 1. The van der Waals surface area contributed by atoms with Crippen molar-refractivity contribution in [2.45, 2.75) is 63.6 Å². The quantitative estimate of drug-likeness (QED) is 0.236. The minimum absolute atomic E-state index is 0.129. The maximum absolute atomic E-state index is 13.4. The van der Waals surface area contributed by atoms with Crippen LogP contribution in [0.15, 0.2) is 109 Å². The van der Waals surface area contributed by atoms with Crippen LogP contribution in [-0.2, 0) is 63.9 Å². The monoisotopic (exact) mass is 1020 g/mol. The highest BCUT2D eigenvalue weighted by atomic mass is 32.2. The number of fused-ring (bicyclic) bond motifs is 3. The topological polar surface area (TPSA) is 230 Å². The average molecular weight is 1020 g/mol. The van der Waals surface area contributed by atoms with Crippen molar-refractivity contribution in [3.63, 3.8) is 0 Å². The second-order valence-corrected chi connectivity index (χ2v) is 23.6. The summed E-state index contributed by atoms with van der Waals surface area (Å²) in [7, 11) is -7.36. The fourth-order valence-electron chi connectivity index (χ4n) is 9.96. The molecule has 20 nitrogen and oxygen atoms in total. The van der Waals surface area contributed by atoms with E-state index in [0.717, 1.165) is 44.8 Å². The molecular formula is C48H54N14O6S3. The number of aryl methyl sites for hydroxylation is 1. The lowest BCUT2D eigenvalue weighted by Gasteiger charge is -2.39. The van der Waals surface area contributed by atoms with Gasteiger partial charge in [-0.25, -0.2) is 0 Å². The lowest BCUT2D eigenvalue weighted by molar-refractivity contribution is 0.308. The first-order valence-corrected chi connectivity index (χ1v) is 27.4. The van der Waals surface area contributed by atoms with Crippen LogP contribution in [-0.4, -0.2) is 127 Å². The molecule has 0 aliphatic carbocycles. The minimum atomic E-state index is -3.66. The summed E-state index contributed by atoms with van der Waals surface area (Å²) < 4.78 is 89.2. The lowest BCUT2D eigenvalue weighted by Crippen LogP contribution is -2.52. The van der Waals surface area contributed by atoms with Crippen molar-refractivity contribution in [2.75, 3.05) is 59.6 Å². The summed E-state index contributed by atoms with van der Waals surface area (Å²) in [5, 5.41) is 31.2. The van der Waals surface area contributed by atoms with Crippen molar-refractivity contribution in [3.05, 3.63) is 132 Å². The maximum atomic E-state index is 13.4. The van der Waals surface area contributed by atoms with Gasteiger partial charge in [-0.2, -0.15) is 59.1 Å². The van der Waals surface area contributed by atoms with Crippen LogP contribution < -0.4 is 13.3 Å². The first-order valence-electron chi connectivity index (χ1n) is 23.2. The number of hydrogen-bond donors (Lipinski definition) is 1. The van der Waals surface area contributed by atoms with E-state index in [2.05, 4.69) is 28.4 Å². The lowest BCUT2D eigenvalue weighted by atomic mass is 10.0. The summed E-state index contributed by atoms with van der Waals surface area (Å²) in [5.41, 5.74) is 7.80. The van der Waals surface area contributed by atoms with E-state index in [1.165, 1.54) is 17.2 Å². The Morgan fingerprint density at radius 1 is 0.592 bits per heavy atom. The van der Waals surface area contributed by atoms with Crippen LogP contribution >= 0.6 is 0 Å². The van der Waals surface area contributed by atoms with Crippen molar-refractivity contribution >= 4 is 47.7 Å². The number of nitriles is 3. The molecule has 0 spiro atoms. The van der Waals surface area contributed by atoms with Gasteiger partial charge < -0.3 is 14.7 Å². The molecule has 370 valence electrons. The van der Waals surface area contributed by atoms with E-state index in [4.69, 9.17) is 15.8 Å². The molecular weight excluding hydrogens is 965 g/mol. The van der Waals surface area contributed by atoms with E-state index in [0.29, 0.717) is 90.4 Å². The Bertz CT molecular complexity index is 3250. The third-order valence-electron chi connectivity index (χ3n) is 13.8. The fourth-order valence-corrected chi connectivity index (χ4v) is 14.9. The van der Waals surface area contributed by atoms with E-state index in [1.807, 2.05) is 110 Å². The van der Waals surface area contributed by atoms with Crippen LogP contribution in [0.5, 0.6) is 0 Å². The third kappa shape index (κ3) is 10.0. The van der Waals surface area contributed by atoms with Crippen molar-refractivity contribution < 1.29 is 25.3 Å². The number of para-hydroxylation sites is 2. The molecule has 6 aliphatic rings. The Morgan fingerprint density at radius 3 is 1.65 bits per heavy atom. The van der Waals surface area contributed by atoms with Gasteiger partial charge in [-0.1, -0.05) is 78.9 Å². The van der Waals surface area contributed by atoms with Gasteiger partial charge in [0.1, 0.15) is 0 Å². The summed E-state index contributed by atoms with van der Waals surface area (Å²) in [5.74, 6) is 0. The third-order valence-corrected chi connectivity index (χ3v) is 19.1. The molecule has 5 aromatic rings. The molecule has 0 radical (unpaired) electrons. The summed E-state index contributed by atoms with van der Waals surface area (Å²) in [6.07, 6.45) is 12.0. The predicted octanol–water partition coefficient (Wildman–Crippen LogP) is 4.16. The molecule has 3 fully saturated rings. The Kier molecular flexibility index (Phi) is 13.9. The molecule has 6 aliphatic heterocycles. The number of benzene rings is 4. The van der Waals surface area contributed by atoms with Gasteiger partial charge in [0.15, 0.2) is 18.6 Å². The largest absolute Gasteiger partial charge is 0.309 e. The first kappa shape index (κ1) is 49.1. The van der Waals surface area contributed by atoms with Crippen LogP contribution in [0.3, 0.4) is 0 Å². The van der Waals surface area contributed by atoms with Crippen molar-refractivity contribution in [1.82, 2.24) is 37.4 Å². The standard InChI is InChI=1S/C19H20N4O2S.C16H18N6O2S.C13H16N4O2S/c20-15-21-11-10-18(14-21)22-13-17-8-4-5-9-19(17)23(26(22,24)25)12-16-6-2-1-3-7-16;1-20-8-14(7-18-20)12-2-3-13-9-22(15-4-5-21(10-15)11-17)25(23,24)19-16(13)6-12;1-15-13-5-3-2-4-11(13)8-17(20(15,18)19)12-6-7-16(9-12)10-14/h1-9,18H,10-14H2;2-3,6-8,15,19H,4-5,9-10H2,1H3;2-5,12H,6-9H2,1H3/t18-;15-;12-/m111/s1. The van der Waals surface area contributed by atoms with Gasteiger partial charge in [0.05, 0.1) is 29.8 Å². The highest BCUT2D eigenvalue weighted by Gasteiger charge is 2.44. The zero-order valence-electron chi connectivity index (χ0n) is 39.3. The second kappa shape index (κ2) is 20.1. The molecule has 0 saturated carbocycles. The first-order chi connectivity index (χ1) is 34.1. The molecule has 71 heavy (non-hydrogen) atoms. The number of nitrogens with zero attached hydrogens (tertiary/aromatic N) is 13. The molecule has 3 atom stereocenters. The Morgan fingerprint density at radius 2 is 1.10 bits per heavy atom. The zero-order valence-corrected chi connectivity index (χ0v) is 41.8. The number of rotatable bonds is 6. The summed E-state index contributed by atoms with van der Waals surface area (Å²) in [4.78, 5) is 4.84. The molecule has 11 rings (SSSR count). The van der Waals surface area contributed by atoms with Crippen molar-refractivity contribution in [2.24, 2.45) is 7.05 Å². The molecule has 1 N–H and O–H groups in total. The predicted molar refractivity (Wildman–Crippen MR) is 266 cm³/mol. The van der Waals surface area contributed by atoms with Crippen LogP contribution in [0.4, 0.5) is 17.1 Å². The number of aromatic nitrogens is 2. The van der Waals surface area contributed by atoms with E-state index in [1.54, 1.807) is 36.9 Å². The molecule has 0 amide bonds. The highest BCUT2D eigenvalue weighted by Crippen LogP contribution is 2.38. The van der Waals surface area contributed by atoms with Crippen LogP contribution in [0.2, 0.25) is 0 Å². The maximum Gasteiger partial charge on any atom is 0.305 e. The average Bonchev–Trinajstić information content (AvgIpc) is 4.22.